The van der Waals surface area contributed by atoms with Gasteiger partial charge in [0.2, 0.25) is 0 Å². The summed E-state index contributed by atoms with van der Waals surface area (Å²) in [5.74, 6) is 0.933. The standard InChI is InChI=1S/C14H24N4/c1-4-18-8-7-17(10-12(18)2)11-13-5-6-14(15-3)16-9-13/h5-6,9,12H,4,7-8,10-11H2,1-3H3,(H,15,16). The van der Waals surface area contributed by atoms with E-state index in [0.717, 1.165) is 32.0 Å². The van der Waals surface area contributed by atoms with Gasteiger partial charge in [0.25, 0.3) is 0 Å². The molecule has 1 saturated heterocycles. The summed E-state index contributed by atoms with van der Waals surface area (Å²) in [4.78, 5) is 9.43. The Labute approximate surface area is 110 Å². The lowest BCUT2D eigenvalue weighted by Gasteiger charge is -2.39. The smallest absolute Gasteiger partial charge is 0.125 e. The van der Waals surface area contributed by atoms with Gasteiger partial charge in [-0.05, 0) is 25.1 Å². The molecule has 0 amide bonds. The van der Waals surface area contributed by atoms with E-state index in [-0.39, 0.29) is 0 Å². The van der Waals surface area contributed by atoms with Gasteiger partial charge in [-0.3, -0.25) is 9.80 Å². The van der Waals surface area contributed by atoms with E-state index in [1.54, 1.807) is 0 Å². The summed E-state index contributed by atoms with van der Waals surface area (Å²) in [6, 6.07) is 4.87. The van der Waals surface area contributed by atoms with Crippen molar-refractivity contribution in [3.8, 4) is 0 Å². The van der Waals surface area contributed by atoms with E-state index in [1.807, 2.05) is 19.3 Å². The SMILES string of the molecule is CCN1CCN(Cc2ccc(NC)nc2)CC1C. The van der Waals surface area contributed by atoms with Crippen molar-refractivity contribution >= 4 is 5.82 Å². The third-order valence-electron chi connectivity index (χ3n) is 3.74. The van der Waals surface area contributed by atoms with Gasteiger partial charge in [-0.15, -0.1) is 0 Å². The molecule has 100 valence electrons. The van der Waals surface area contributed by atoms with Crippen molar-refractivity contribution in [2.24, 2.45) is 0 Å². The van der Waals surface area contributed by atoms with Crippen molar-refractivity contribution in [2.75, 3.05) is 38.5 Å². The van der Waals surface area contributed by atoms with Crippen LogP contribution in [0.15, 0.2) is 18.3 Å². The minimum atomic E-state index is 0.660. The molecule has 1 aromatic rings. The third kappa shape index (κ3) is 3.21. The maximum atomic E-state index is 4.36. The summed E-state index contributed by atoms with van der Waals surface area (Å²) in [5, 5.41) is 3.05. The second-order valence-corrected chi connectivity index (χ2v) is 5.01. The Bertz CT molecular complexity index is 363. The van der Waals surface area contributed by atoms with Gasteiger partial charge in [-0.2, -0.15) is 0 Å². The van der Waals surface area contributed by atoms with Gasteiger partial charge in [-0.1, -0.05) is 13.0 Å². The van der Waals surface area contributed by atoms with Crippen LogP contribution >= 0.6 is 0 Å². The van der Waals surface area contributed by atoms with E-state index in [1.165, 1.54) is 12.1 Å². The molecule has 18 heavy (non-hydrogen) atoms. The van der Waals surface area contributed by atoms with Gasteiger partial charge >= 0.3 is 0 Å². The number of pyridine rings is 1. The van der Waals surface area contributed by atoms with Gasteiger partial charge in [0.15, 0.2) is 0 Å². The van der Waals surface area contributed by atoms with Crippen molar-refractivity contribution in [1.82, 2.24) is 14.8 Å². The highest BCUT2D eigenvalue weighted by molar-refractivity contribution is 5.34. The largest absolute Gasteiger partial charge is 0.373 e. The molecular formula is C14H24N4. The molecule has 2 heterocycles. The van der Waals surface area contributed by atoms with E-state index >= 15 is 0 Å². The quantitative estimate of drug-likeness (QED) is 0.878. The van der Waals surface area contributed by atoms with Crippen LogP contribution in [0.5, 0.6) is 0 Å². The van der Waals surface area contributed by atoms with Crippen LogP contribution < -0.4 is 5.32 Å². The number of rotatable bonds is 4. The lowest BCUT2D eigenvalue weighted by molar-refractivity contribution is 0.0834. The normalized spacial score (nSPS) is 22.1. The average Bonchev–Trinajstić information content (AvgIpc) is 2.40. The molecule has 0 radical (unpaired) electrons. The molecule has 4 heteroatoms. The number of nitrogens with zero attached hydrogens (tertiary/aromatic N) is 3. The van der Waals surface area contributed by atoms with Crippen LogP contribution in [0.1, 0.15) is 19.4 Å². The first-order chi connectivity index (χ1) is 8.72. The molecule has 1 aromatic heterocycles. The van der Waals surface area contributed by atoms with E-state index in [4.69, 9.17) is 0 Å². The number of likely N-dealkylation sites (N-methyl/N-ethyl adjacent to an activating group) is 1. The zero-order valence-corrected chi connectivity index (χ0v) is 11.7. The Morgan fingerprint density at radius 1 is 1.39 bits per heavy atom. The van der Waals surface area contributed by atoms with Crippen LogP contribution in [-0.2, 0) is 6.54 Å². The maximum absolute atomic E-state index is 4.36. The van der Waals surface area contributed by atoms with Crippen LogP contribution in [-0.4, -0.2) is 54.1 Å². The highest BCUT2D eigenvalue weighted by Gasteiger charge is 2.22. The van der Waals surface area contributed by atoms with Crippen molar-refractivity contribution < 1.29 is 0 Å². The molecule has 1 N–H and O–H groups in total. The van der Waals surface area contributed by atoms with Crippen LogP contribution in [0.25, 0.3) is 0 Å². The summed E-state index contributed by atoms with van der Waals surface area (Å²) in [5.41, 5.74) is 1.30. The van der Waals surface area contributed by atoms with Crippen molar-refractivity contribution in [2.45, 2.75) is 26.4 Å². The van der Waals surface area contributed by atoms with Gasteiger partial charge in [0, 0.05) is 45.5 Å². The van der Waals surface area contributed by atoms with Gasteiger partial charge < -0.3 is 5.32 Å². The second-order valence-electron chi connectivity index (χ2n) is 5.01. The molecule has 0 aromatic carbocycles. The molecule has 1 fully saturated rings. The predicted octanol–water partition coefficient (Wildman–Crippen LogP) is 1.65. The lowest BCUT2D eigenvalue weighted by atomic mass is 10.1. The Hall–Kier alpha value is -1.13. The van der Waals surface area contributed by atoms with Crippen LogP contribution in [0.3, 0.4) is 0 Å². The zero-order valence-electron chi connectivity index (χ0n) is 11.7. The fraction of sp³-hybridized carbons (Fsp3) is 0.643. The molecule has 1 aliphatic heterocycles. The fourth-order valence-corrected chi connectivity index (χ4v) is 2.61. The summed E-state index contributed by atoms with van der Waals surface area (Å²) >= 11 is 0. The first-order valence-electron chi connectivity index (χ1n) is 6.82. The number of aromatic nitrogens is 1. The molecule has 0 bridgehead atoms. The topological polar surface area (TPSA) is 31.4 Å². The molecular weight excluding hydrogens is 224 g/mol. The second kappa shape index (κ2) is 6.16. The minimum absolute atomic E-state index is 0.660. The number of nitrogens with one attached hydrogen (secondary N) is 1. The first kappa shape index (κ1) is 13.3. The highest BCUT2D eigenvalue weighted by atomic mass is 15.3. The monoisotopic (exact) mass is 248 g/mol. The molecule has 1 aliphatic rings. The molecule has 4 nitrogen and oxygen atoms in total. The Balaban J connectivity index is 1.89. The number of piperazine rings is 1. The lowest BCUT2D eigenvalue weighted by Crippen LogP contribution is -2.51. The van der Waals surface area contributed by atoms with Gasteiger partial charge in [0.05, 0.1) is 0 Å². The van der Waals surface area contributed by atoms with E-state index in [9.17, 15) is 0 Å². The summed E-state index contributed by atoms with van der Waals surface area (Å²) in [7, 11) is 1.90. The van der Waals surface area contributed by atoms with Gasteiger partial charge in [-0.25, -0.2) is 4.98 Å². The Kier molecular flexibility index (Phi) is 4.55. The number of anilines is 1. The van der Waals surface area contributed by atoms with E-state index < -0.39 is 0 Å². The van der Waals surface area contributed by atoms with E-state index in [0.29, 0.717) is 6.04 Å². The minimum Gasteiger partial charge on any atom is -0.373 e. The number of hydrogen-bond donors (Lipinski definition) is 1. The Morgan fingerprint density at radius 2 is 2.22 bits per heavy atom. The average molecular weight is 248 g/mol. The molecule has 0 aliphatic carbocycles. The summed E-state index contributed by atoms with van der Waals surface area (Å²) < 4.78 is 0. The van der Waals surface area contributed by atoms with Gasteiger partial charge in [0.1, 0.15) is 5.82 Å². The Morgan fingerprint density at radius 3 is 2.78 bits per heavy atom. The summed E-state index contributed by atoms with van der Waals surface area (Å²) in [6.07, 6.45) is 1.97. The van der Waals surface area contributed by atoms with Crippen LogP contribution in [0.4, 0.5) is 5.82 Å². The predicted molar refractivity (Wildman–Crippen MR) is 75.8 cm³/mol. The molecule has 0 spiro atoms. The zero-order chi connectivity index (χ0) is 13.0. The van der Waals surface area contributed by atoms with Crippen molar-refractivity contribution in [3.05, 3.63) is 23.9 Å². The summed E-state index contributed by atoms with van der Waals surface area (Å²) in [6.45, 7) is 10.2. The highest BCUT2D eigenvalue weighted by Crippen LogP contribution is 2.13. The van der Waals surface area contributed by atoms with Crippen molar-refractivity contribution in [3.63, 3.8) is 0 Å². The fourth-order valence-electron chi connectivity index (χ4n) is 2.61. The number of hydrogen-bond acceptors (Lipinski definition) is 4. The maximum Gasteiger partial charge on any atom is 0.125 e. The van der Waals surface area contributed by atoms with Crippen LogP contribution in [0.2, 0.25) is 0 Å². The molecule has 2 rings (SSSR count). The molecule has 1 unspecified atom stereocenters. The van der Waals surface area contributed by atoms with E-state index in [2.05, 4.69) is 40.0 Å². The molecule has 0 saturated carbocycles. The van der Waals surface area contributed by atoms with Crippen molar-refractivity contribution in [1.29, 1.82) is 0 Å². The third-order valence-corrected chi connectivity index (χ3v) is 3.74. The first-order valence-corrected chi connectivity index (χ1v) is 6.82. The molecule has 1 atom stereocenters. The van der Waals surface area contributed by atoms with Crippen LogP contribution in [0, 0.1) is 0 Å².